The highest BCUT2D eigenvalue weighted by atomic mass is 16.5. The number of anilines is 6. The number of nitrogens with zero attached hydrogens (tertiary/aromatic N) is 4. The number of nitriles is 1. The number of methoxy groups -OCH3 is 1. The SMILES string of the molecule is [C-]#[N+]c1c2ccc(/C=C/c3ccc(N(c4ccccc4)c4ccc(OC)cc4)cc3)cc2c(C#N)c2ccc(/C=C/c3ccc(N(c4ccccc4)c4ccc(C)cc4)cc3)cc12. The van der Waals surface area contributed by atoms with E-state index in [1.54, 1.807) is 7.11 Å². The molecule has 0 bridgehead atoms. The molecule has 0 saturated heterocycles. The van der Waals surface area contributed by atoms with Gasteiger partial charge >= 0.3 is 0 Å². The first kappa shape index (κ1) is 39.8. The molecule has 9 aromatic carbocycles. The van der Waals surface area contributed by atoms with Crippen molar-refractivity contribution in [3.8, 4) is 11.8 Å². The summed E-state index contributed by atoms with van der Waals surface area (Å²) in [4.78, 5) is 8.49. The van der Waals surface area contributed by atoms with Gasteiger partial charge < -0.3 is 14.5 Å². The molecule has 9 rings (SSSR count). The third-order valence-electron chi connectivity index (χ3n) is 11.3. The number of fused-ring (bicyclic) bond motifs is 2. The van der Waals surface area contributed by atoms with Crippen LogP contribution in [0.4, 0.5) is 39.8 Å². The quantitative estimate of drug-likeness (QED) is 0.0741. The van der Waals surface area contributed by atoms with Gasteiger partial charge in [0.25, 0.3) is 0 Å². The predicted octanol–water partition coefficient (Wildman–Crippen LogP) is 16.0. The Hall–Kier alpha value is -8.64. The molecule has 5 nitrogen and oxygen atoms in total. The molecular weight excluding hydrogens is 769 g/mol. The van der Waals surface area contributed by atoms with Crippen LogP contribution < -0.4 is 14.5 Å². The van der Waals surface area contributed by atoms with E-state index in [1.807, 2.05) is 72.8 Å². The fraction of sp³-hybridized carbons (Fsp3) is 0.0345. The summed E-state index contributed by atoms with van der Waals surface area (Å²) >= 11 is 0. The first-order valence-corrected chi connectivity index (χ1v) is 20.8. The summed E-state index contributed by atoms with van der Waals surface area (Å²) in [5, 5.41) is 13.6. The van der Waals surface area contributed by atoms with Gasteiger partial charge in [-0.1, -0.05) is 133 Å². The summed E-state index contributed by atoms with van der Waals surface area (Å²) in [5.74, 6) is 0.808. The zero-order chi connectivity index (χ0) is 43.1. The van der Waals surface area contributed by atoms with E-state index < -0.39 is 0 Å². The lowest BCUT2D eigenvalue weighted by atomic mass is 9.93. The van der Waals surface area contributed by atoms with Gasteiger partial charge in [-0.2, -0.15) is 5.26 Å². The van der Waals surface area contributed by atoms with Crippen molar-refractivity contribution in [2.24, 2.45) is 0 Å². The average Bonchev–Trinajstić information content (AvgIpc) is 3.34. The number of benzene rings is 9. The lowest BCUT2D eigenvalue weighted by molar-refractivity contribution is 0.415. The summed E-state index contributed by atoms with van der Waals surface area (Å²) in [7, 11) is 1.67. The maximum Gasteiger partial charge on any atom is 0.202 e. The Bertz CT molecular complexity index is 3200. The average molecular weight is 811 g/mol. The summed E-state index contributed by atoms with van der Waals surface area (Å²) in [6.45, 7) is 10.4. The third kappa shape index (κ3) is 8.41. The predicted molar refractivity (Wildman–Crippen MR) is 264 cm³/mol. The van der Waals surface area contributed by atoms with Crippen molar-refractivity contribution in [2.75, 3.05) is 16.9 Å². The lowest BCUT2D eigenvalue weighted by Gasteiger charge is -2.25. The molecule has 0 aliphatic heterocycles. The van der Waals surface area contributed by atoms with Crippen LogP contribution in [0, 0.1) is 24.8 Å². The van der Waals surface area contributed by atoms with E-state index >= 15 is 0 Å². The third-order valence-corrected chi connectivity index (χ3v) is 11.3. The molecule has 0 saturated carbocycles. The van der Waals surface area contributed by atoms with E-state index in [0.717, 1.165) is 83.7 Å². The molecule has 0 aromatic heterocycles. The van der Waals surface area contributed by atoms with E-state index in [1.165, 1.54) is 5.56 Å². The van der Waals surface area contributed by atoms with Crippen molar-refractivity contribution in [1.29, 1.82) is 5.26 Å². The molecule has 0 amide bonds. The number of hydrogen-bond acceptors (Lipinski definition) is 4. The molecule has 300 valence electrons. The van der Waals surface area contributed by atoms with E-state index in [4.69, 9.17) is 11.3 Å². The van der Waals surface area contributed by atoms with Crippen LogP contribution in [0.25, 0.3) is 50.7 Å². The zero-order valence-corrected chi connectivity index (χ0v) is 35.0. The minimum absolute atomic E-state index is 0.543. The molecule has 0 unspecified atom stereocenters. The molecule has 0 heterocycles. The molecule has 0 N–H and O–H groups in total. The number of aryl methyl sites for hydroxylation is 1. The highest BCUT2D eigenvalue weighted by molar-refractivity contribution is 6.16. The monoisotopic (exact) mass is 810 g/mol. The minimum atomic E-state index is 0.543. The van der Waals surface area contributed by atoms with Crippen LogP contribution in [0.5, 0.6) is 5.75 Å². The van der Waals surface area contributed by atoms with Crippen LogP contribution >= 0.6 is 0 Å². The van der Waals surface area contributed by atoms with Crippen LogP contribution in [0.15, 0.2) is 194 Å². The van der Waals surface area contributed by atoms with Crippen molar-refractivity contribution >= 4 is 85.7 Å². The van der Waals surface area contributed by atoms with Crippen LogP contribution in [0.2, 0.25) is 0 Å². The molecule has 63 heavy (non-hydrogen) atoms. The van der Waals surface area contributed by atoms with Crippen LogP contribution in [-0.4, -0.2) is 7.11 Å². The van der Waals surface area contributed by atoms with Crippen LogP contribution in [0.1, 0.15) is 33.4 Å². The second kappa shape index (κ2) is 17.9. The summed E-state index contributed by atoms with van der Waals surface area (Å²) in [6.07, 6.45) is 8.27. The van der Waals surface area contributed by atoms with Crippen molar-refractivity contribution in [2.45, 2.75) is 6.92 Å². The fourth-order valence-corrected chi connectivity index (χ4v) is 8.02. The lowest BCUT2D eigenvalue weighted by Crippen LogP contribution is -2.09. The molecule has 0 aliphatic carbocycles. The van der Waals surface area contributed by atoms with Gasteiger partial charge in [-0.05, 0) is 142 Å². The first-order valence-electron chi connectivity index (χ1n) is 20.8. The van der Waals surface area contributed by atoms with E-state index in [0.29, 0.717) is 11.3 Å². The maximum absolute atomic E-state index is 10.5. The van der Waals surface area contributed by atoms with E-state index in [2.05, 4.69) is 173 Å². The molecule has 5 heteroatoms. The van der Waals surface area contributed by atoms with Gasteiger partial charge in [0, 0.05) is 34.1 Å². The summed E-state index contributed by atoms with van der Waals surface area (Å²) in [5.41, 5.74) is 12.7. The van der Waals surface area contributed by atoms with Gasteiger partial charge in [-0.3, -0.25) is 0 Å². The maximum atomic E-state index is 10.5. The molecule has 0 atom stereocenters. The Morgan fingerprint density at radius 1 is 0.460 bits per heavy atom. The molecule has 0 radical (unpaired) electrons. The minimum Gasteiger partial charge on any atom is -0.497 e. The van der Waals surface area contributed by atoms with Gasteiger partial charge in [0.15, 0.2) is 0 Å². The smallest absolute Gasteiger partial charge is 0.202 e. The largest absolute Gasteiger partial charge is 0.497 e. The normalized spacial score (nSPS) is 11.2. The Morgan fingerprint density at radius 2 is 0.857 bits per heavy atom. The standard InChI is InChI=1S/C58H42N4O/c1-41-14-26-48(27-15-41)61(46-10-6-4-7-11-46)49-28-20-43(21-29-49)17-19-45-24-36-53-56(39-45)58(60-2)54-37-25-44(38-55(54)57(53)40-59)18-16-42-22-30-50(31-23-42)62(47-12-8-5-9-13-47)51-32-34-52(63-3)35-33-51/h4-39H,1,3H3/b18-16+,19-17+. The van der Waals surface area contributed by atoms with Crippen LogP contribution in [-0.2, 0) is 0 Å². The van der Waals surface area contributed by atoms with Gasteiger partial charge in [0.1, 0.15) is 11.8 Å². The van der Waals surface area contributed by atoms with Crippen molar-refractivity contribution in [3.63, 3.8) is 0 Å². The molecular formula is C58H42N4O. The number of rotatable bonds is 11. The number of para-hydroxylation sites is 2. The zero-order valence-electron chi connectivity index (χ0n) is 35.0. The van der Waals surface area contributed by atoms with Gasteiger partial charge in [-0.15, -0.1) is 0 Å². The molecule has 0 aliphatic rings. The van der Waals surface area contributed by atoms with Gasteiger partial charge in [0.05, 0.1) is 19.2 Å². The highest BCUT2D eigenvalue weighted by Crippen LogP contribution is 2.41. The second-order valence-corrected chi connectivity index (χ2v) is 15.3. The Balaban J connectivity index is 0.969. The summed E-state index contributed by atoms with van der Waals surface area (Å²) in [6, 6.07) is 68.7. The van der Waals surface area contributed by atoms with Crippen molar-refractivity contribution in [3.05, 3.63) is 239 Å². The first-order chi connectivity index (χ1) is 31.0. The Labute approximate surface area is 368 Å². The molecule has 0 spiro atoms. The van der Waals surface area contributed by atoms with E-state index in [9.17, 15) is 5.26 Å². The number of ether oxygens (including phenoxy) is 1. The molecule has 0 fully saturated rings. The van der Waals surface area contributed by atoms with Crippen molar-refractivity contribution < 1.29 is 4.74 Å². The van der Waals surface area contributed by atoms with Crippen LogP contribution in [0.3, 0.4) is 0 Å². The van der Waals surface area contributed by atoms with Gasteiger partial charge in [-0.25, -0.2) is 4.85 Å². The van der Waals surface area contributed by atoms with Crippen molar-refractivity contribution in [1.82, 2.24) is 0 Å². The summed E-state index contributed by atoms with van der Waals surface area (Å²) < 4.78 is 5.40. The van der Waals surface area contributed by atoms with Gasteiger partial charge in [0.2, 0.25) is 5.69 Å². The Kier molecular flexibility index (Phi) is 11.3. The second-order valence-electron chi connectivity index (χ2n) is 15.3. The Morgan fingerprint density at radius 3 is 1.32 bits per heavy atom. The fourth-order valence-electron chi connectivity index (χ4n) is 8.02. The number of hydrogen-bond donors (Lipinski definition) is 0. The highest BCUT2D eigenvalue weighted by Gasteiger charge is 2.16. The van der Waals surface area contributed by atoms with E-state index in [-0.39, 0.29) is 0 Å². The molecule has 9 aromatic rings. The topological polar surface area (TPSA) is 43.9 Å².